The molecule has 2 aromatic carbocycles. The number of nitrogens with zero attached hydrogens (tertiary/aromatic N) is 1. The maximum Gasteiger partial charge on any atom is 0.197 e. The average Bonchev–Trinajstić information content (AvgIpc) is 3.13. The first-order valence-electron chi connectivity index (χ1n) is 10.0. The number of benzene rings is 2. The average molecular weight is 376 g/mol. The van der Waals surface area contributed by atoms with Gasteiger partial charge in [-0.3, -0.25) is 4.79 Å². The highest BCUT2D eigenvalue weighted by molar-refractivity contribution is 6.19. The maximum atomic E-state index is 13.1. The highest BCUT2D eigenvalue weighted by atomic mass is 16.5. The molecule has 0 saturated carbocycles. The van der Waals surface area contributed by atoms with Crippen LogP contribution in [0.1, 0.15) is 39.8 Å². The third kappa shape index (κ3) is 3.05. The first-order chi connectivity index (χ1) is 13.8. The highest BCUT2D eigenvalue weighted by Gasteiger charge is 2.36. The predicted molar refractivity (Wildman–Crippen MR) is 108 cm³/mol. The Morgan fingerprint density at radius 1 is 1.07 bits per heavy atom. The van der Waals surface area contributed by atoms with Crippen LogP contribution in [0, 0.1) is 0 Å². The molecule has 1 aliphatic carbocycles. The van der Waals surface area contributed by atoms with Gasteiger partial charge in [0.15, 0.2) is 5.78 Å². The lowest BCUT2D eigenvalue weighted by atomic mass is 9.86. The molecule has 0 bridgehead atoms. The number of hydrogen-bond acceptors (Lipinski definition) is 5. The minimum absolute atomic E-state index is 0.0243. The topological polar surface area (TPSA) is 54.7 Å². The standard InChI is InChI=1S/C23H24N2O3/c26-21-16-6-1-2-7-17(16)22(27-15-5-12-25-13-10-24-11-14-25)23-20(21)18-8-3-4-9-19(18)28-23/h1-4,6-9,22,24H,5,10-15H2. The van der Waals surface area contributed by atoms with Gasteiger partial charge in [0.2, 0.25) is 0 Å². The van der Waals surface area contributed by atoms with Crippen LogP contribution in [0.5, 0.6) is 0 Å². The zero-order valence-electron chi connectivity index (χ0n) is 15.8. The molecule has 1 N–H and O–H groups in total. The summed E-state index contributed by atoms with van der Waals surface area (Å²) in [5, 5.41) is 4.25. The molecule has 1 aliphatic heterocycles. The lowest BCUT2D eigenvalue weighted by molar-refractivity contribution is 0.0543. The van der Waals surface area contributed by atoms with Gasteiger partial charge in [-0.2, -0.15) is 0 Å². The van der Waals surface area contributed by atoms with Gasteiger partial charge in [0, 0.05) is 50.3 Å². The summed E-state index contributed by atoms with van der Waals surface area (Å²) in [7, 11) is 0. The van der Waals surface area contributed by atoms with E-state index in [0.29, 0.717) is 23.5 Å². The lowest BCUT2D eigenvalue weighted by Crippen LogP contribution is -2.43. The fourth-order valence-electron chi connectivity index (χ4n) is 4.28. The fraction of sp³-hybridized carbons (Fsp3) is 0.348. The number of piperazine rings is 1. The molecule has 144 valence electrons. The van der Waals surface area contributed by atoms with Crippen LogP contribution in [0.15, 0.2) is 52.9 Å². The van der Waals surface area contributed by atoms with E-state index in [2.05, 4.69) is 10.2 Å². The number of fused-ring (bicyclic) bond motifs is 4. The molecule has 0 radical (unpaired) electrons. The van der Waals surface area contributed by atoms with Gasteiger partial charge in [-0.15, -0.1) is 0 Å². The molecule has 1 atom stereocenters. The summed E-state index contributed by atoms with van der Waals surface area (Å²) < 4.78 is 12.4. The van der Waals surface area contributed by atoms with E-state index in [4.69, 9.17) is 9.15 Å². The second kappa shape index (κ2) is 7.51. The number of furan rings is 1. The fourth-order valence-corrected chi connectivity index (χ4v) is 4.28. The largest absolute Gasteiger partial charge is 0.457 e. The Labute approximate surface area is 164 Å². The monoisotopic (exact) mass is 376 g/mol. The van der Waals surface area contributed by atoms with Crippen LogP contribution in [0.3, 0.4) is 0 Å². The van der Waals surface area contributed by atoms with E-state index in [1.807, 2.05) is 48.5 Å². The van der Waals surface area contributed by atoms with Crippen LogP contribution in [-0.4, -0.2) is 50.0 Å². The molecule has 2 aliphatic rings. The molecule has 5 nitrogen and oxygen atoms in total. The minimum Gasteiger partial charge on any atom is -0.457 e. The van der Waals surface area contributed by atoms with Gasteiger partial charge in [0.1, 0.15) is 17.4 Å². The SMILES string of the molecule is O=C1c2ccccc2C(OCCCN2CCNCC2)c2oc3ccccc3c21. The number of para-hydroxylation sites is 1. The van der Waals surface area contributed by atoms with Gasteiger partial charge in [-0.1, -0.05) is 42.5 Å². The van der Waals surface area contributed by atoms with Crippen molar-refractivity contribution in [2.24, 2.45) is 0 Å². The van der Waals surface area contributed by atoms with Crippen molar-refractivity contribution < 1.29 is 13.9 Å². The van der Waals surface area contributed by atoms with Crippen molar-refractivity contribution in [3.63, 3.8) is 0 Å². The van der Waals surface area contributed by atoms with Gasteiger partial charge in [0.05, 0.1) is 5.56 Å². The molecule has 0 spiro atoms. The second-order valence-corrected chi connectivity index (χ2v) is 7.45. The molecule has 0 amide bonds. The van der Waals surface area contributed by atoms with E-state index in [0.717, 1.165) is 55.7 Å². The van der Waals surface area contributed by atoms with Crippen molar-refractivity contribution in [3.8, 4) is 0 Å². The lowest BCUT2D eigenvalue weighted by Gasteiger charge is -2.28. The molecule has 2 heterocycles. The summed E-state index contributed by atoms with van der Waals surface area (Å²) in [5.74, 6) is 0.670. The van der Waals surface area contributed by atoms with Gasteiger partial charge < -0.3 is 19.4 Å². The Morgan fingerprint density at radius 3 is 2.75 bits per heavy atom. The molecule has 5 heteroatoms. The van der Waals surface area contributed by atoms with Gasteiger partial charge in [0.25, 0.3) is 0 Å². The summed E-state index contributed by atoms with van der Waals surface area (Å²) in [6, 6.07) is 15.5. The third-order valence-electron chi connectivity index (χ3n) is 5.69. The predicted octanol–water partition coefficient (Wildman–Crippen LogP) is 3.38. The Balaban J connectivity index is 1.41. The van der Waals surface area contributed by atoms with E-state index < -0.39 is 0 Å². The normalized spacial score (nSPS) is 19.6. The van der Waals surface area contributed by atoms with E-state index in [1.165, 1.54) is 0 Å². The van der Waals surface area contributed by atoms with Crippen molar-refractivity contribution >= 4 is 16.8 Å². The summed E-state index contributed by atoms with van der Waals surface area (Å²) in [6.07, 6.45) is 0.627. The van der Waals surface area contributed by atoms with Crippen molar-refractivity contribution in [1.29, 1.82) is 0 Å². The first kappa shape index (κ1) is 17.6. The summed E-state index contributed by atoms with van der Waals surface area (Å²) in [4.78, 5) is 15.6. The van der Waals surface area contributed by atoms with Crippen molar-refractivity contribution in [3.05, 3.63) is 71.0 Å². The highest BCUT2D eigenvalue weighted by Crippen LogP contribution is 2.42. The maximum absolute atomic E-state index is 13.1. The Hall–Kier alpha value is -2.47. The molecule has 1 saturated heterocycles. The van der Waals surface area contributed by atoms with E-state index in [-0.39, 0.29) is 11.9 Å². The number of ketones is 1. The van der Waals surface area contributed by atoms with E-state index in [1.54, 1.807) is 0 Å². The van der Waals surface area contributed by atoms with Crippen LogP contribution in [0.25, 0.3) is 11.0 Å². The molecule has 5 rings (SSSR count). The molecular formula is C23H24N2O3. The quantitative estimate of drug-likeness (QED) is 0.692. The van der Waals surface area contributed by atoms with Gasteiger partial charge in [-0.25, -0.2) is 0 Å². The van der Waals surface area contributed by atoms with Gasteiger partial charge >= 0.3 is 0 Å². The van der Waals surface area contributed by atoms with E-state index in [9.17, 15) is 4.79 Å². The minimum atomic E-state index is -0.334. The smallest absolute Gasteiger partial charge is 0.197 e. The van der Waals surface area contributed by atoms with Crippen LogP contribution >= 0.6 is 0 Å². The van der Waals surface area contributed by atoms with Crippen LogP contribution in [0.2, 0.25) is 0 Å². The molecular weight excluding hydrogens is 352 g/mol. The van der Waals surface area contributed by atoms with Gasteiger partial charge in [-0.05, 0) is 18.1 Å². The first-order valence-corrected chi connectivity index (χ1v) is 10.0. The second-order valence-electron chi connectivity index (χ2n) is 7.45. The zero-order valence-corrected chi connectivity index (χ0v) is 15.8. The number of carbonyl (C=O) groups is 1. The number of rotatable bonds is 5. The van der Waals surface area contributed by atoms with Crippen molar-refractivity contribution in [1.82, 2.24) is 10.2 Å². The van der Waals surface area contributed by atoms with Crippen LogP contribution in [0.4, 0.5) is 0 Å². The van der Waals surface area contributed by atoms with Crippen LogP contribution in [-0.2, 0) is 4.74 Å². The summed E-state index contributed by atoms with van der Waals surface area (Å²) >= 11 is 0. The Morgan fingerprint density at radius 2 is 1.86 bits per heavy atom. The molecule has 1 unspecified atom stereocenters. The Kier molecular flexibility index (Phi) is 4.72. The van der Waals surface area contributed by atoms with Crippen molar-refractivity contribution in [2.75, 3.05) is 39.3 Å². The number of nitrogens with one attached hydrogen (secondary N) is 1. The Bertz CT molecular complexity index is 1000. The number of carbonyl (C=O) groups excluding carboxylic acids is 1. The summed E-state index contributed by atoms with van der Waals surface area (Å²) in [6.45, 7) is 5.96. The molecule has 28 heavy (non-hydrogen) atoms. The third-order valence-corrected chi connectivity index (χ3v) is 5.69. The summed E-state index contributed by atoms with van der Waals surface area (Å²) in [5.41, 5.74) is 3.01. The van der Waals surface area contributed by atoms with Crippen LogP contribution < -0.4 is 5.32 Å². The molecule has 3 aromatic rings. The molecule has 1 fully saturated rings. The number of ether oxygens (including phenoxy) is 1. The van der Waals surface area contributed by atoms with E-state index >= 15 is 0 Å². The zero-order chi connectivity index (χ0) is 18.9. The number of hydrogen-bond donors (Lipinski definition) is 1. The molecule has 1 aromatic heterocycles. The van der Waals surface area contributed by atoms with Crippen molar-refractivity contribution in [2.45, 2.75) is 12.5 Å².